The van der Waals surface area contributed by atoms with Gasteiger partial charge in [-0.05, 0) is 66.0 Å². The molecule has 0 spiro atoms. The molecule has 2 aromatic carbocycles. The van der Waals surface area contributed by atoms with E-state index in [4.69, 9.17) is 27.9 Å². The molecule has 216 valence electrons. The Kier molecular flexibility index (Phi) is 7.58. The number of ether oxygens (including phenoxy) is 1. The molecule has 0 bridgehead atoms. The lowest BCUT2D eigenvalue weighted by Gasteiger charge is -2.49. The van der Waals surface area contributed by atoms with Crippen LogP contribution in [0.2, 0.25) is 10.0 Å². The van der Waals surface area contributed by atoms with Crippen LogP contribution in [0.15, 0.2) is 58.9 Å². The van der Waals surface area contributed by atoms with Gasteiger partial charge in [0.05, 0.1) is 15.0 Å². The van der Waals surface area contributed by atoms with Crippen LogP contribution < -0.4 is 4.74 Å². The smallest absolute Gasteiger partial charge is 0.269 e. The van der Waals surface area contributed by atoms with Crippen molar-refractivity contribution in [1.29, 1.82) is 0 Å². The van der Waals surface area contributed by atoms with Crippen LogP contribution in [0, 0.1) is 20.9 Å². The highest BCUT2D eigenvalue weighted by molar-refractivity contribution is 6.37. The van der Waals surface area contributed by atoms with Gasteiger partial charge in [-0.3, -0.25) is 19.7 Å². The van der Waals surface area contributed by atoms with E-state index in [2.05, 4.69) is 39.5 Å². The molecule has 1 heterocycles. The second kappa shape index (κ2) is 10.6. The first kappa shape index (κ1) is 29.3. The Balaban J connectivity index is 1.57. The second-order valence-electron chi connectivity index (χ2n) is 12.8. The molecule has 5 rings (SSSR count). The Morgan fingerprint density at radius 1 is 0.902 bits per heavy atom. The van der Waals surface area contributed by atoms with Gasteiger partial charge in [0.15, 0.2) is 17.3 Å². The number of allylic oxidation sites excluding steroid dienone is 4. The van der Waals surface area contributed by atoms with Gasteiger partial charge in [-0.2, -0.15) is 0 Å². The summed E-state index contributed by atoms with van der Waals surface area (Å²) < 4.78 is 5.94. The molecule has 2 aliphatic carbocycles. The van der Waals surface area contributed by atoms with Gasteiger partial charge in [-0.1, -0.05) is 50.9 Å². The predicted octanol–water partition coefficient (Wildman–Crippen LogP) is 8.19. The van der Waals surface area contributed by atoms with E-state index in [1.54, 1.807) is 24.3 Å². The van der Waals surface area contributed by atoms with Gasteiger partial charge >= 0.3 is 0 Å². The zero-order valence-electron chi connectivity index (χ0n) is 24.0. The number of carbonyl (C=O) groups is 2. The lowest BCUT2D eigenvalue weighted by atomic mass is 9.63. The van der Waals surface area contributed by atoms with Crippen LogP contribution in [-0.4, -0.2) is 27.9 Å². The second-order valence-corrected chi connectivity index (χ2v) is 13.6. The summed E-state index contributed by atoms with van der Waals surface area (Å²) in [6.45, 7) is 11.3. The van der Waals surface area contributed by atoms with E-state index in [1.807, 2.05) is 0 Å². The molecule has 2 aromatic rings. The Hall–Kier alpha value is -3.16. The molecule has 0 aromatic heterocycles. The van der Waals surface area contributed by atoms with Crippen molar-refractivity contribution in [2.24, 2.45) is 10.8 Å². The van der Waals surface area contributed by atoms with Crippen molar-refractivity contribution in [3.8, 4) is 5.75 Å². The number of non-ortho nitro benzene ring substituents is 1. The third-order valence-electron chi connectivity index (χ3n) is 8.22. The first-order chi connectivity index (χ1) is 19.2. The zero-order valence-corrected chi connectivity index (χ0v) is 25.5. The third-order valence-corrected chi connectivity index (χ3v) is 8.78. The molecule has 41 heavy (non-hydrogen) atoms. The monoisotopic (exact) mass is 596 g/mol. The summed E-state index contributed by atoms with van der Waals surface area (Å²) in [4.78, 5) is 40.3. The van der Waals surface area contributed by atoms with Crippen molar-refractivity contribution in [2.75, 3.05) is 6.54 Å². The molecular formula is C32H34Cl2N2O5. The Bertz CT molecular complexity index is 1440. The van der Waals surface area contributed by atoms with Gasteiger partial charge in [0, 0.05) is 60.0 Å². The summed E-state index contributed by atoms with van der Waals surface area (Å²) in [5.41, 5.74) is 4.35. The first-order valence-corrected chi connectivity index (χ1v) is 14.6. The molecule has 0 amide bonds. The van der Waals surface area contributed by atoms with Gasteiger partial charge in [0.25, 0.3) is 5.69 Å². The standard InChI is InChI=1S/C32H34Cl2N2O5/c1-6-35-23-13-31(2,3)15-25(37)28(23)27(29-24(35)14-32(4,5)16-26(29)38)19-11-21(33)30(22(34)12-19)41-17-18-7-9-20(10-8-18)36(39)40/h7-12,27H,6,13-17H2,1-5H3. The van der Waals surface area contributed by atoms with Gasteiger partial charge in [-0.25, -0.2) is 0 Å². The highest BCUT2D eigenvalue weighted by Crippen LogP contribution is 2.55. The van der Waals surface area contributed by atoms with Crippen LogP contribution in [0.1, 0.15) is 77.3 Å². The van der Waals surface area contributed by atoms with Crippen LogP contribution in [0.5, 0.6) is 5.75 Å². The number of rotatable bonds is 6. The number of benzene rings is 2. The molecule has 0 saturated heterocycles. The van der Waals surface area contributed by atoms with Crippen molar-refractivity contribution in [2.45, 2.75) is 72.8 Å². The van der Waals surface area contributed by atoms with Crippen LogP contribution in [0.4, 0.5) is 5.69 Å². The lowest BCUT2D eigenvalue weighted by molar-refractivity contribution is -0.384. The molecule has 0 saturated carbocycles. The Morgan fingerprint density at radius 3 is 1.83 bits per heavy atom. The Morgan fingerprint density at radius 2 is 1.39 bits per heavy atom. The number of halogens is 2. The molecule has 0 radical (unpaired) electrons. The number of ketones is 2. The van der Waals surface area contributed by atoms with Crippen LogP contribution in [-0.2, 0) is 16.2 Å². The molecule has 3 aliphatic rings. The fourth-order valence-corrected chi connectivity index (χ4v) is 7.13. The third kappa shape index (κ3) is 5.54. The van der Waals surface area contributed by atoms with Gasteiger partial charge in [0.2, 0.25) is 0 Å². The zero-order chi connectivity index (χ0) is 29.9. The minimum Gasteiger partial charge on any atom is -0.486 e. The summed E-state index contributed by atoms with van der Waals surface area (Å²) in [5, 5.41) is 11.5. The van der Waals surface area contributed by atoms with Crippen LogP contribution in [0.25, 0.3) is 0 Å². The van der Waals surface area contributed by atoms with E-state index in [-0.39, 0.29) is 50.5 Å². The van der Waals surface area contributed by atoms with Crippen LogP contribution in [0.3, 0.4) is 0 Å². The summed E-state index contributed by atoms with van der Waals surface area (Å²) in [6, 6.07) is 9.55. The summed E-state index contributed by atoms with van der Waals surface area (Å²) in [6.07, 6.45) is 2.28. The van der Waals surface area contributed by atoms with E-state index in [1.165, 1.54) is 12.1 Å². The molecule has 1 aliphatic heterocycles. The Labute approximate surface area is 250 Å². The van der Waals surface area contributed by atoms with Crippen molar-refractivity contribution < 1.29 is 19.2 Å². The number of Topliss-reactive ketones (excluding diaryl/α,β-unsaturated/α-hetero) is 2. The number of nitro groups is 1. The topological polar surface area (TPSA) is 89.8 Å². The number of nitrogens with zero attached hydrogens (tertiary/aromatic N) is 2. The summed E-state index contributed by atoms with van der Waals surface area (Å²) in [5.74, 6) is -0.171. The van der Waals surface area contributed by atoms with E-state index in [9.17, 15) is 19.7 Å². The average molecular weight is 598 g/mol. The molecule has 0 unspecified atom stereocenters. The van der Waals surface area contributed by atoms with E-state index in [0.717, 1.165) is 24.2 Å². The summed E-state index contributed by atoms with van der Waals surface area (Å²) >= 11 is 13.5. The average Bonchev–Trinajstić information content (AvgIpc) is 2.85. The van der Waals surface area contributed by atoms with Gasteiger partial charge < -0.3 is 9.64 Å². The van der Waals surface area contributed by atoms with Gasteiger partial charge in [0.1, 0.15) is 6.61 Å². The molecule has 7 nitrogen and oxygen atoms in total. The maximum Gasteiger partial charge on any atom is 0.269 e. The fourth-order valence-electron chi connectivity index (χ4n) is 6.52. The molecular weight excluding hydrogens is 563 g/mol. The number of hydrogen-bond acceptors (Lipinski definition) is 6. The first-order valence-electron chi connectivity index (χ1n) is 13.9. The highest BCUT2D eigenvalue weighted by Gasteiger charge is 2.48. The number of hydrogen-bond donors (Lipinski definition) is 0. The molecule has 9 heteroatoms. The SMILES string of the molecule is CCN1C2=C(C(=O)CC(C)(C)C2)C(c2cc(Cl)c(OCc3ccc([N+](=O)[O-])cc3)c(Cl)c2)C2=C1CC(C)(C)CC2=O. The number of nitro benzene ring substituents is 1. The normalized spacial score (nSPS) is 20.2. The minimum absolute atomic E-state index is 0.00747. The van der Waals surface area contributed by atoms with Crippen molar-refractivity contribution in [1.82, 2.24) is 4.90 Å². The van der Waals surface area contributed by atoms with Crippen LogP contribution >= 0.6 is 23.2 Å². The summed E-state index contributed by atoms with van der Waals surface area (Å²) in [7, 11) is 0. The van der Waals surface area contributed by atoms with Crippen molar-refractivity contribution in [3.63, 3.8) is 0 Å². The van der Waals surface area contributed by atoms with E-state index in [0.29, 0.717) is 41.7 Å². The number of carbonyl (C=O) groups excluding carboxylic acids is 2. The molecule has 0 atom stereocenters. The van der Waals surface area contributed by atoms with Crippen molar-refractivity contribution in [3.05, 3.63) is 90.2 Å². The van der Waals surface area contributed by atoms with Gasteiger partial charge in [-0.15, -0.1) is 0 Å². The largest absolute Gasteiger partial charge is 0.486 e. The van der Waals surface area contributed by atoms with Crippen molar-refractivity contribution >= 4 is 40.5 Å². The van der Waals surface area contributed by atoms with E-state index >= 15 is 0 Å². The fraction of sp³-hybridized carbons (Fsp3) is 0.438. The van der Waals surface area contributed by atoms with E-state index < -0.39 is 10.8 Å². The maximum atomic E-state index is 13.8. The molecule has 0 fully saturated rings. The quantitative estimate of drug-likeness (QED) is 0.246. The predicted molar refractivity (Wildman–Crippen MR) is 159 cm³/mol. The lowest BCUT2D eigenvalue weighted by Crippen LogP contribution is -2.44. The maximum absolute atomic E-state index is 13.8. The highest BCUT2D eigenvalue weighted by atomic mass is 35.5. The molecule has 0 N–H and O–H groups in total. The minimum atomic E-state index is -0.547.